The predicted octanol–water partition coefficient (Wildman–Crippen LogP) is 3.48. The average molecular weight is 315 g/mol. The third-order valence-corrected chi connectivity index (χ3v) is 3.80. The minimum absolute atomic E-state index is 0.0165. The van der Waals surface area contributed by atoms with E-state index in [1.165, 1.54) is 0 Å². The topological polar surface area (TPSA) is 50.7 Å². The van der Waals surface area contributed by atoms with Gasteiger partial charge in [-0.2, -0.15) is 0 Å². The first-order chi connectivity index (χ1) is 11.2. The molecule has 0 saturated carbocycles. The fourth-order valence-corrected chi connectivity index (χ4v) is 2.55. The van der Waals surface area contributed by atoms with E-state index in [9.17, 15) is 5.11 Å². The van der Waals surface area contributed by atoms with Crippen LogP contribution in [0.1, 0.15) is 37.1 Å². The van der Waals surface area contributed by atoms with Gasteiger partial charge in [0.05, 0.1) is 26.4 Å². The molecular weight excluding hydrogens is 290 g/mol. The van der Waals surface area contributed by atoms with Crippen LogP contribution in [0.3, 0.4) is 0 Å². The summed E-state index contributed by atoms with van der Waals surface area (Å²) in [5.74, 6) is 1.65. The van der Waals surface area contributed by atoms with Crippen LogP contribution >= 0.6 is 0 Å². The standard InChI is InChI=1S/C19H25NO3/c1-4-23-18-10-5-7-15(11-18)14(2)20-19(13-21)16-8-6-9-17(12-16)22-3/h5-12,14,19-21H,4,13H2,1-3H3. The van der Waals surface area contributed by atoms with Gasteiger partial charge in [0.15, 0.2) is 0 Å². The summed E-state index contributed by atoms with van der Waals surface area (Å²) in [5.41, 5.74) is 2.12. The minimum Gasteiger partial charge on any atom is -0.497 e. The normalized spacial score (nSPS) is 13.4. The van der Waals surface area contributed by atoms with E-state index < -0.39 is 0 Å². The summed E-state index contributed by atoms with van der Waals surface area (Å²) < 4.78 is 10.8. The Labute approximate surface area is 138 Å². The van der Waals surface area contributed by atoms with Crippen LogP contribution in [0.25, 0.3) is 0 Å². The first kappa shape index (κ1) is 17.3. The fraction of sp³-hybridized carbons (Fsp3) is 0.368. The molecule has 2 N–H and O–H groups in total. The maximum Gasteiger partial charge on any atom is 0.119 e. The molecule has 4 heteroatoms. The molecule has 0 aliphatic carbocycles. The van der Waals surface area contributed by atoms with Gasteiger partial charge in [0.25, 0.3) is 0 Å². The first-order valence-electron chi connectivity index (χ1n) is 7.91. The largest absolute Gasteiger partial charge is 0.497 e. The zero-order valence-corrected chi connectivity index (χ0v) is 14.0. The van der Waals surface area contributed by atoms with Crippen LogP contribution in [-0.2, 0) is 0 Å². The van der Waals surface area contributed by atoms with Gasteiger partial charge < -0.3 is 19.9 Å². The quantitative estimate of drug-likeness (QED) is 0.783. The van der Waals surface area contributed by atoms with Gasteiger partial charge in [0.1, 0.15) is 11.5 Å². The van der Waals surface area contributed by atoms with Crippen LogP contribution in [0, 0.1) is 0 Å². The second-order valence-corrected chi connectivity index (χ2v) is 5.41. The minimum atomic E-state index is -0.157. The van der Waals surface area contributed by atoms with Crippen molar-refractivity contribution in [3.63, 3.8) is 0 Å². The van der Waals surface area contributed by atoms with Crippen molar-refractivity contribution in [2.75, 3.05) is 20.3 Å². The molecule has 23 heavy (non-hydrogen) atoms. The molecule has 2 aromatic rings. The van der Waals surface area contributed by atoms with E-state index in [0.29, 0.717) is 6.61 Å². The highest BCUT2D eigenvalue weighted by atomic mass is 16.5. The Bertz CT molecular complexity index is 615. The van der Waals surface area contributed by atoms with Gasteiger partial charge in [-0.3, -0.25) is 0 Å². The molecule has 2 aromatic carbocycles. The summed E-state index contributed by atoms with van der Waals surface area (Å²) in [6.45, 7) is 4.71. The SMILES string of the molecule is CCOc1cccc(C(C)NC(CO)c2cccc(OC)c2)c1. The van der Waals surface area contributed by atoms with Gasteiger partial charge in [-0.25, -0.2) is 0 Å². The summed E-state index contributed by atoms with van der Waals surface area (Å²) in [6.07, 6.45) is 0. The number of nitrogens with one attached hydrogen (secondary N) is 1. The van der Waals surface area contributed by atoms with Gasteiger partial charge >= 0.3 is 0 Å². The lowest BCUT2D eigenvalue weighted by molar-refractivity contribution is 0.235. The van der Waals surface area contributed by atoms with E-state index in [1.807, 2.05) is 49.4 Å². The molecule has 2 atom stereocenters. The number of aliphatic hydroxyl groups is 1. The molecule has 0 radical (unpaired) electrons. The molecule has 4 nitrogen and oxygen atoms in total. The van der Waals surface area contributed by atoms with E-state index in [0.717, 1.165) is 22.6 Å². The number of hydrogen-bond acceptors (Lipinski definition) is 4. The second-order valence-electron chi connectivity index (χ2n) is 5.41. The van der Waals surface area contributed by atoms with Crippen LogP contribution in [0.15, 0.2) is 48.5 Å². The number of methoxy groups -OCH3 is 1. The Morgan fingerprint density at radius 3 is 2.35 bits per heavy atom. The molecule has 124 valence electrons. The van der Waals surface area contributed by atoms with E-state index in [2.05, 4.69) is 18.3 Å². The van der Waals surface area contributed by atoms with Gasteiger partial charge in [0, 0.05) is 6.04 Å². The monoisotopic (exact) mass is 315 g/mol. The van der Waals surface area contributed by atoms with Crippen molar-refractivity contribution in [3.8, 4) is 11.5 Å². The predicted molar refractivity (Wildman–Crippen MR) is 92.0 cm³/mol. The van der Waals surface area contributed by atoms with E-state index in [4.69, 9.17) is 9.47 Å². The zero-order chi connectivity index (χ0) is 16.7. The van der Waals surface area contributed by atoms with Crippen LogP contribution in [0.2, 0.25) is 0 Å². The highest BCUT2D eigenvalue weighted by molar-refractivity contribution is 5.32. The summed E-state index contributed by atoms with van der Waals surface area (Å²) >= 11 is 0. The summed E-state index contributed by atoms with van der Waals surface area (Å²) in [6, 6.07) is 15.7. The van der Waals surface area contributed by atoms with E-state index >= 15 is 0 Å². The fourth-order valence-electron chi connectivity index (χ4n) is 2.55. The van der Waals surface area contributed by atoms with Crippen molar-refractivity contribution in [3.05, 3.63) is 59.7 Å². The van der Waals surface area contributed by atoms with Crippen LogP contribution in [0.4, 0.5) is 0 Å². The Hall–Kier alpha value is -2.04. The smallest absolute Gasteiger partial charge is 0.119 e. The molecular formula is C19H25NO3. The molecule has 0 spiro atoms. The molecule has 0 aromatic heterocycles. The maximum absolute atomic E-state index is 9.75. The van der Waals surface area contributed by atoms with Crippen molar-refractivity contribution in [2.24, 2.45) is 0 Å². The summed E-state index contributed by atoms with van der Waals surface area (Å²) in [4.78, 5) is 0. The van der Waals surface area contributed by atoms with Crippen molar-refractivity contribution in [1.82, 2.24) is 5.32 Å². The van der Waals surface area contributed by atoms with E-state index in [1.54, 1.807) is 7.11 Å². The molecule has 0 saturated heterocycles. The van der Waals surface area contributed by atoms with Crippen LogP contribution in [-0.4, -0.2) is 25.4 Å². The number of benzene rings is 2. The number of aliphatic hydroxyl groups excluding tert-OH is 1. The lowest BCUT2D eigenvalue weighted by Crippen LogP contribution is -2.27. The van der Waals surface area contributed by atoms with E-state index in [-0.39, 0.29) is 18.7 Å². The van der Waals surface area contributed by atoms with Crippen LogP contribution < -0.4 is 14.8 Å². The Morgan fingerprint density at radius 1 is 1.04 bits per heavy atom. The lowest BCUT2D eigenvalue weighted by atomic mass is 10.0. The van der Waals surface area contributed by atoms with Crippen molar-refractivity contribution >= 4 is 0 Å². The molecule has 0 aliphatic heterocycles. The molecule has 0 heterocycles. The Kier molecular flexibility index (Phi) is 6.44. The molecule has 0 fully saturated rings. The number of rotatable bonds is 8. The third-order valence-electron chi connectivity index (χ3n) is 3.80. The molecule has 2 rings (SSSR count). The molecule has 2 unspecified atom stereocenters. The van der Waals surface area contributed by atoms with Crippen LogP contribution in [0.5, 0.6) is 11.5 Å². The average Bonchev–Trinajstić information content (AvgIpc) is 2.60. The Morgan fingerprint density at radius 2 is 1.70 bits per heavy atom. The van der Waals surface area contributed by atoms with Gasteiger partial charge in [-0.1, -0.05) is 24.3 Å². The van der Waals surface area contributed by atoms with Crippen molar-refractivity contribution in [1.29, 1.82) is 0 Å². The molecule has 0 amide bonds. The summed E-state index contributed by atoms with van der Waals surface area (Å²) in [5, 5.41) is 13.2. The van der Waals surface area contributed by atoms with Crippen molar-refractivity contribution in [2.45, 2.75) is 25.9 Å². The zero-order valence-electron chi connectivity index (χ0n) is 14.0. The summed E-state index contributed by atoms with van der Waals surface area (Å²) in [7, 11) is 1.64. The highest BCUT2D eigenvalue weighted by Gasteiger charge is 2.15. The second kappa shape index (κ2) is 8.56. The number of ether oxygens (including phenoxy) is 2. The molecule has 0 aliphatic rings. The third kappa shape index (κ3) is 4.71. The lowest BCUT2D eigenvalue weighted by Gasteiger charge is -2.23. The van der Waals surface area contributed by atoms with Gasteiger partial charge in [-0.05, 0) is 49.2 Å². The van der Waals surface area contributed by atoms with Crippen molar-refractivity contribution < 1.29 is 14.6 Å². The number of hydrogen-bond donors (Lipinski definition) is 2. The highest BCUT2D eigenvalue weighted by Crippen LogP contribution is 2.24. The molecule has 0 bridgehead atoms. The first-order valence-corrected chi connectivity index (χ1v) is 7.91. The Balaban J connectivity index is 2.12. The van der Waals surface area contributed by atoms with Gasteiger partial charge in [-0.15, -0.1) is 0 Å². The van der Waals surface area contributed by atoms with Gasteiger partial charge in [0.2, 0.25) is 0 Å². The maximum atomic E-state index is 9.75.